The fraction of sp³-hybridized carbons (Fsp3) is 0.189. The number of nitrogens with zero attached hydrogens (tertiary/aromatic N) is 1. The van der Waals surface area contributed by atoms with Crippen LogP contribution in [0.25, 0.3) is 42.4 Å². The fourth-order valence-corrected chi connectivity index (χ4v) is 7.87. The van der Waals surface area contributed by atoms with E-state index in [2.05, 4.69) is 149 Å². The van der Waals surface area contributed by atoms with Gasteiger partial charge in [0.25, 0.3) is 0 Å². The van der Waals surface area contributed by atoms with Crippen LogP contribution in [0.15, 0.2) is 109 Å². The number of hydrogen-bond donors (Lipinski definition) is 0. The average Bonchev–Trinajstić information content (AvgIpc) is 3.43. The van der Waals surface area contributed by atoms with Gasteiger partial charge in [-0.05, 0) is 66.8 Å². The van der Waals surface area contributed by atoms with Gasteiger partial charge >= 0.3 is 0 Å². The summed E-state index contributed by atoms with van der Waals surface area (Å²) >= 11 is 1.91. The number of hydrogen-bond acceptors (Lipinski definition) is 2. The van der Waals surface area contributed by atoms with Gasteiger partial charge in [0.05, 0.1) is 10.4 Å². The van der Waals surface area contributed by atoms with Crippen LogP contribution in [-0.2, 0) is 5.41 Å². The first kappa shape index (κ1) is 24.2. The third kappa shape index (κ3) is 3.58. The van der Waals surface area contributed by atoms with E-state index in [0.717, 1.165) is 0 Å². The first-order valence-corrected chi connectivity index (χ1v) is 14.6. The maximum Gasteiger partial charge on any atom is 0.0597 e. The zero-order valence-electron chi connectivity index (χ0n) is 23.2. The minimum Gasteiger partial charge on any atom is -0.334 e. The Hall–Kier alpha value is -3.88. The van der Waals surface area contributed by atoms with Crippen LogP contribution in [0.5, 0.6) is 0 Å². The van der Waals surface area contributed by atoms with Crippen LogP contribution in [0.4, 0.5) is 11.4 Å². The van der Waals surface area contributed by atoms with Crippen molar-refractivity contribution in [3.8, 4) is 22.3 Å². The molecular weight excluding hydrogens is 490 g/mol. The van der Waals surface area contributed by atoms with E-state index in [9.17, 15) is 0 Å². The zero-order valence-corrected chi connectivity index (χ0v) is 24.1. The molecule has 0 spiro atoms. The summed E-state index contributed by atoms with van der Waals surface area (Å²) < 4.78 is 2.67. The normalized spacial score (nSPS) is 14.0. The highest BCUT2D eigenvalue weighted by Crippen LogP contribution is 2.55. The molecule has 1 aliphatic carbocycles. The standard InChI is InChI=1S/C37H33NS/c1-36(2,3)38(30-21-13-20-29-34(30)26-16-9-10-19-28(26)37(29,4)5)31-22-11-18-27-33-25(24-14-7-6-8-15-24)17-12-23-32(33)39-35(27)31/h6-23H,1-5H3. The molecule has 0 saturated heterocycles. The van der Waals surface area contributed by atoms with Gasteiger partial charge in [0, 0.05) is 37.7 Å². The molecule has 0 fully saturated rings. The monoisotopic (exact) mass is 523 g/mol. The van der Waals surface area contributed by atoms with E-state index in [1.165, 1.54) is 64.9 Å². The van der Waals surface area contributed by atoms with Crippen molar-refractivity contribution in [1.29, 1.82) is 0 Å². The highest BCUT2D eigenvalue weighted by molar-refractivity contribution is 7.26. The van der Waals surface area contributed by atoms with Crippen molar-refractivity contribution < 1.29 is 0 Å². The molecule has 192 valence electrons. The van der Waals surface area contributed by atoms with Gasteiger partial charge in [0.2, 0.25) is 0 Å². The quantitative estimate of drug-likeness (QED) is 0.223. The summed E-state index contributed by atoms with van der Waals surface area (Å²) in [6.45, 7) is 11.7. The first-order chi connectivity index (χ1) is 18.8. The lowest BCUT2D eigenvalue weighted by molar-refractivity contribution is 0.561. The molecule has 1 aromatic heterocycles. The van der Waals surface area contributed by atoms with Gasteiger partial charge in [-0.2, -0.15) is 0 Å². The molecule has 1 heterocycles. The minimum absolute atomic E-state index is 0.0281. The van der Waals surface area contributed by atoms with Crippen molar-refractivity contribution in [2.75, 3.05) is 4.90 Å². The van der Waals surface area contributed by atoms with Crippen LogP contribution < -0.4 is 4.90 Å². The Balaban J connectivity index is 1.52. The SMILES string of the molecule is CC1(C)c2ccccc2-c2c(N(c3cccc4c3sc3cccc(-c5ccccc5)c34)C(C)(C)C)cccc21. The minimum atomic E-state index is -0.135. The van der Waals surface area contributed by atoms with Crippen LogP contribution >= 0.6 is 11.3 Å². The lowest BCUT2D eigenvalue weighted by atomic mass is 9.82. The smallest absolute Gasteiger partial charge is 0.0597 e. The average molecular weight is 524 g/mol. The zero-order chi connectivity index (χ0) is 26.9. The Morgan fingerprint density at radius 3 is 2.05 bits per heavy atom. The van der Waals surface area contributed by atoms with Gasteiger partial charge in [0.15, 0.2) is 0 Å². The second kappa shape index (κ2) is 8.56. The molecule has 0 atom stereocenters. The molecule has 1 aliphatic rings. The lowest BCUT2D eigenvalue weighted by Gasteiger charge is -2.39. The highest BCUT2D eigenvalue weighted by atomic mass is 32.1. The largest absolute Gasteiger partial charge is 0.334 e. The third-order valence-corrected chi connectivity index (χ3v) is 9.52. The lowest BCUT2D eigenvalue weighted by Crippen LogP contribution is -2.38. The Labute approximate surface area is 235 Å². The second-order valence-electron chi connectivity index (χ2n) is 12.2. The van der Waals surface area contributed by atoms with E-state index >= 15 is 0 Å². The van der Waals surface area contributed by atoms with Crippen LogP contribution in [0.3, 0.4) is 0 Å². The van der Waals surface area contributed by atoms with Crippen LogP contribution in [-0.4, -0.2) is 5.54 Å². The van der Waals surface area contributed by atoms with E-state index < -0.39 is 0 Å². The summed E-state index contributed by atoms with van der Waals surface area (Å²) in [5, 5.41) is 2.68. The Kier molecular flexibility index (Phi) is 5.31. The van der Waals surface area contributed by atoms with Crippen molar-refractivity contribution in [2.45, 2.75) is 45.6 Å². The number of benzene rings is 5. The van der Waals surface area contributed by atoms with Gasteiger partial charge in [-0.1, -0.05) is 105 Å². The number of rotatable bonds is 3. The molecule has 7 rings (SSSR count). The van der Waals surface area contributed by atoms with E-state index in [-0.39, 0.29) is 11.0 Å². The van der Waals surface area contributed by atoms with Crippen molar-refractivity contribution in [3.05, 3.63) is 120 Å². The maximum absolute atomic E-state index is 2.59. The molecule has 2 heteroatoms. The molecule has 0 saturated carbocycles. The van der Waals surface area contributed by atoms with Crippen molar-refractivity contribution in [2.24, 2.45) is 0 Å². The molecule has 1 nitrogen and oxygen atoms in total. The molecule has 0 amide bonds. The Morgan fingerprint density at radius 1 is 0.615 bits per heavy atom. The summed E-state index contributed by atoms with van der Waals surface area (Å²) in [6.07, 6.45) is 0. The molecule has 0 N–H and O–H groups in total. The van der Waals surface area contributed by atoms with Gasteiger partial charge in [0.1, 0.15) is 0 Å². The van der Waals surface area contributed by atoms with Crippen LogP contribution in [0.1, 0.15) is 45.7 Å². The van der Waals surface area contributed by atoms with Crippen molar-refractivity contribution in [3.63, 3.8) is 0 Å². The van der Waals surface area contributed by atoms with Crippen molar-refractivity contribution in [1.82, 2.24) is 0 Å². The molecule has 0 radical (unpaired) electrons. The molecule has 6 aromatic rings. The van der Waals surface area contributed by atoms with Crippen LogP contribution in [0.2, 0.25) is 0 Å². The Bertz CT molecular complexity index is 1870. The summed E-state index contributed by atoms with van der Waals surface area (Å²) in [6, 6.07) is 40.2. The number of fused-ring (bicyclic) bond motifs is 6. The third-order valence-electron chi connectivity index (χ3n) is 8.32. The number of anilines is 2. The first-order valence-electron chi connectivity index (χ1n) is 13.8. The maximum atomic E-state index is 2.59. The van der Waals surface area contributed by atoms with E-state index in [1.807, 2.05) is 11.3 Å². The molecule has 0 aliphatic heterocycles. The van der Waals surface area contributed by atoms with Crippen LogP contribution in [0, 0.1) is 0 Å². The summed E-state index contributed by atoms with van der Waals surface area (Å²) in [4.78, 5) is 2.59. The van der Waals surface area contributed by atoms with Gasteiger partial charge in [-0.15, -0.1) is 11.3 Å². The molecule has 0 unspecified atom stereocenters. The van der Waals surface area contributed by atoms with E-state index in [0.29, 0.717) is 0 Å². The van der Waals surface area contributed by atoms with Gasteiger partial charge < -0.3 is 4.90 Å². The van der Waals surface area contributed by atoms with Gasteiger partial charge in [-0.3, -0.25) is 0 Å². The highest BCUT2D eigenvalue weighted by Gasteiger charge is 2.39. The van der Waals surface area contributed by atoms with Crippen molar-refractivity contribution >= 4 is 42.9 Å². The van der Waals surface area contributed by atoms with Gasteiger partial charge in [-0.25, -0.2) is 0 Å². The number of thiophene rings is 1. The fourth-order valence-electron chi connectivity index (χ4n) is 6.64. The summed E-state index contributed by atoms with van der Waals surface area (Å²) in [7, 11) is 0. The predicted octanol–water partition coefficient (Wildman–Crippen LogP) is 11.0. The Morgan fingerprint density at radius 2 is 1.26 bits per heavy atom. The molecule has 39 heavy (non-hydrogen) atoms. The molecule has 5 aromatic carbocycles. The molecule has 0 bridgehead atoms. The molecular formula is C37H33NS. The van der Waals surface area contributed by atoms with E-state index in [1.54, 1.807) is 0 Å². The predicted molar refractivity (Wildman–Crippen MR) is 171 cm³/mol. The van der Waals surface area contributed by atoms with E-state index in [4.69, 9.17) is 0 Å². The second-order valence-corrected chi connectivity index (χ2v) is 13.2. The summed E-state index contributed by atoms with van der Waals surface area (Å²) in [5.74, 6) is 0. The summed E-state index contributed by atoms with van der Waals surface area (Å²) in [5.41, 5.74) is 10.5. The topological polar surface area (TPSA) is 3.24 Å².